The van der Waals surface area contributed by atoms with Gasteiger partial charge in [0.15, 0.2) is 5.76 Å². The fourth-order valence-corrected chi connectivity index (χ4v) is 5.16. The van der Waals surface area contributed by atoms with Crippen LogP contribution in [0.3, 0.4) is 0 Å². The summed E-state index contributed by atoms with van der Waals surface area (Å²) >= 11 is 0. The number of aliphatic imine (C=N–C) groups is 1. The van der Waals surface area contributed by atoms with Crippen LogP contribution in [0.4, 0.5) is 5.69 Å². The average Bonchev–Trinajstić information content (AvgIpc) is 3.38. The van der Waals surface area contributed by atoms with Crippen LogP contribution in [0.15, 0.2) is 87.3 Å². The second kappa shape index (κ2) is 13.0. The van der Waals surface area contributed by atoms with Crippen LogP contribution in [0.2, 0.25) is 0 Å². The molecule has 2 amide bonds. The SMILES string of the molecule is CN(C)C=O.O=C(Nc1cccc(S(=O)(=O)NC2=NCCCCC2)c1)c1cc(-c2ccco2)nc2ccccc12. The molecular formula is C29H31N5O5S. The fourth-order valence-electron chi connectivity index (χ4n) is 4.02. The highest BCUT2D eigenvalue weighted by atomic mass is 32.2. The Labute approximate surface area is 233 Å². The lowest BCUT2D eigenvalue weighted by atomic mass is 10.1. The maximum Gasteiger partial charge on any atom is 0.262 e. The first-order valence-corrected chi connectivity index (χ1v) is 14.3. The summed E-state index contributed by atoms with van der Waals surface area (Å²) in [6, 6.07) is 18.7. The van der Waals surface area contributed by atoms with E-state index in [9.17, 15) is 18.0 Å². The lowest BCUT2D eigenvalue weighted by Crippen LogP contribution is -2.30. The molecule has 0 saturated carbocycles. The number of aromatic nitrogens is 1. The van der Waals surface area contributed by atoms with Gasteiger partial charge in [-0.2, -0.15) is 0 Å². The molecule has 40 heavy (non-hydrogen) atoms. The van der Waals surface area contributed by atoms with Gasteiger partial charge in [-0.25, -0.2) is 13.4 Å². The number of carbonyl (C=O) groups is 2. The maximum absolute atomic E-state index is 13.3. The van der Waals surface area contributed by atoms with Gasteiger partial charge in [-0.3, -0.25) is 19.3 Å². The van der Waals surface area contributed by atoms with Crippen molar-refractivity contribution in [3.05, 3.63) is 78.6 Å². The molecule has 10 nitrogen and oxygen atoms in total. The van der Waals surface area contributed by atoms with Crippen LogP contribution in [-0.4, -0.2) is 57.1 Å². The molecule has 2 aromatic heterocycles. The van der Waals surface area contributed by atoms with Gasteiger partial charge >= 0.3 is 0 Å². The van der Waals surface area contributed by atoms with Gasteiger partial charge in [0, 0.05) is 38.1 Å². The number of nitrogens with one attached hydrogen (secondary N) is 2. The van der Waals surface area contributed by atoms with Crippen molar-refractivity contribution in [3.63, 3.8) is 0 Å². The van der Waals surface area contributed by atoms with Gasteiger partial charge in [0.1, 0.15) is 11.5 Å². The first-order valence-electron chi connectivity index (χ1n) is 12.8. The summed E-state index contributed by atoms with van der Waals surface area (Å²) in [4.78, 5) is 33.2. The minimum Gasteiger partial charge on any atom is -0.463 e. The van der Waals surface area contributed by atoms with E-state index in [-0.39, 0.29) is 10.8 Å². The first kappa shape index (κ1) is 28.5. The van der Waals surface area contributed by atoms with Gasteiger partial charge in [0.2, 0.25) is 6.41 Å². The molecule has 0 aliphatic carbocycles. The van der Waals surface area contributed by atoms with Gasteiger partial charge in [0.25, 0.3) is 15.9 Å². The van der Waals surface area contributed by atoms with E-state index in [1.54, 1.807) is 50.7 Å². The fraction of sp³-hybridized carbons (Fsp3) is 0.241. The van der Waals surface area contributed by atoms with Crippen LogP contribution < -0.4 is 10.0 Å². The Bertz CT molecular complexity index is 1620. The van der Waals surface area contributed by atoms with Gasteiger partial charge in [0.05, 0.1) is 22.2 Å². The van der Waals surface area contributed by atoms with E-state index in [1.807, 2.05) is 24.3 Å². The average molecular weight is 562 g/mol. The lowest BCUT2D eigenvalue weighted by Gasteiger charge is -2.12. The van der Waals surface area contributed by atoms with E-state index in [0.29, 0.717) is 52.4 Å². The molecule has 0 spiro atoms. The van der Waals surface area contributed by atoms with Crippen LogP contribution in [0, 0.1) is 0 Å². The molecule has 11 heteroatoms. The van der Waals surface area contributed by atoms with Crippen molar-refractivity contribution in [3.8, 4) is 11.5 Å². The minimum absolute atomic E-state index is 0.0538. The summed E-state index contributed by atoms with van der Waals surface area (Å²) in [5.41, 5.74) is 1.95. The Kier molecular flexibility index (Phi) is 9.28. The Morgan fingerprint density at radius 1 is 1.00 bits per heavy atom. The van der Waals surface area contributed by atoms with Crippen LogP contribution >= 0.6 is 0 Å². The van der Waals surface area contributed by atoms with Gasteiger partial charge < -0.3 is 14.6 Å². The summed E-state index contributed by atoms with van der Waals surface area (Å²) in [6.45, 7) is 0.619. The number of carbonyl (C=O) groups excluding carboxylic acids is 2. The molecule has 4 aromatic rings. The number of nitrogens with zero attached hydrogens (tertiary/aromatic N) is 3. The van der Waals surface area contributed by atoms with Crippen LogP contribution in [0.25, 0.3) is 22.4 Å². The third kappa shape index (κ3) is 7.32. The quantitative estimate of drug-likeness (QED) is 0.328. The predicted molar refractivity (Wildman–Crippen MR) is 155 cm³/mol. The molecule has 0 bridgehead atoms. The number of rotatable bonds is 6. The van der Waals surface area contributed by atoms with Crippen molar-refractivity contribution in [1.82, 2.24) is 14.6 Å². The number of amides is 2. The number of furan rings is 1. The molecule has 3 heterocycles. The van der Waals surface area contributed by atoms with Crippen LogP contribution in [-0.2, 0) is 14.8 Å². The summed E-state index contributed by atoms with van der Waals surface area (Å²) in [5.74, 6) is 0.642. The molecule has 0 unspecified atom stereocenters. The topological polar surface area (TPSA) is 134 Å². The number of para-hydroxylation sites is 1. The van der Waals surface area contributed by atoms with Crippen molar-refractivity contribution in [1.29, 1.82) is 0 Å². The summed E-state index contributed by atoms with van der Waals surface area (Å²) in [6.07, 6.45) is 5.78. The smallest absolute Gasteiger partial charge is 0.262 e. The van der Waals surface area contributed by atoms with E-state index in [0.717, 1.165) is 25.7 Å². The van der Waals surface area contributed by atoms with Gasteiger partial charge in [-0.15, -0.1) is 0 Å². The maximum atomic E-state index is 13.3. The molecule has 2 aromatic carbocycles. The van der Waals surface area contributed by atoms with Crippen molar-refractivity contribution in [2.24, 2.45) is 4.99 Å². The number of fused-ring (bicyclic) bond motifs is 1. The summed E-state index contributed by atoms with van der Waals surface area (Å²) < 4.78 is 34.0. The van der Waals surface area contributed by atoms with E-state index in [1.165, 1.54) is 17.0 Å². The molecule has 2 N–H and O–H groups in total. The summed E-state index contributed by atoms with van der Waals surface area (Å²) in [5, 5.41) is 3.51. The zero-order valence-electron chi connectivity index (χ0n) is 22.3. The van der Waals surface area contributed by atoms with Crippen molar-refractivity contribution < 1.29 is 22.4 Å². The van der Waals surface area contributed by atoms with E-state index < -0.39 is 10.0 Å². The van der Waals surface area contributed by atoms with Crippen molar-refractivity contribution in [2.75, 3.05) is 26.0 Å². The van der Waals surface area contributed by atoms with Gasteiger partial charge in [-0.05, 0) is 55.3 Å². The highest BCUT2D eigenvalue weighted by Gasteiger charge is 2.19. The predicted octanol–water partition coefficient (Wildman–Crippen LogP) is 4.70. The molecular weight excluding hydrogens is 530 g/mol. The van der Waals surface area contributed by atoms with Gasteiger partial charge in [-0.1, -0.05) is 30.7 Å². The molecule has 0 radical (unpaired) electrons. The second-order valence-electron chi connectivity index (χ2n) is 9.35. The highest BCUT2D eigenvalue weighted by Crippen LogP contribution is 2.26. The normalized spacial score (nSPS) is 13.3. The van der Waals surface area contributed by atoms with E-state index in [2.05, 4.69) is 20.0 Å². The van der Waals surface area contributed by atoms with E-state index >= 15 is 0 Å². The Hall–Kier alpha value is -4.51. The Morgan fingerprint density at radius 3 is 2.55 bits per heavy atom. The van der Waals surface area contributed by atoms with Crippen LogP contribution in [0.1, 0.15) is 36.0 Å². The zero-order chi connectivity index (χ0) is 28.5. The molecule has 1 aliphatic heterocycles. The number of hydrogen-bond acceptors (Lipinski definition) is 7. The number of hydrogen-bond donors (Lipinski definition) is 2. The molecule has 0 saturated heterocycles. The lowest BCUT2D eigenvalue weighted by molar-refractivity contribution is -0.115. The second-order valence-corrected chi connectivity index (χ2v) is 11.0. The monoisotopic (exact) mass is 561 g/mol. The van der Waals surface area contributed by atoms with Crippen molar-refractivity contribution in [2.45, 2.75) is 30.6 Å². The first-order chi connectivity index (χ1) is 19.3. The zero-order valence-corrected chi connectivity index (χ0v) is 23.1. The molecule has 0 fully saturated rings. The van der Waals surface area contributed by atoms with Crippen LogP contribution in [0.5, 0.6) is 0 Å². The Morgan fingerprint density at radius 2 is 1.80 bits per heavy atom. The number of anilines is 1. The molecule has 0 atom stereocenters. The Balaban J connectivity index is 0.000000681. The van der Waals surface area contributed by atoms with E-state index in [4.69, 9.17) is 4.42 Å². The van der Waals surface area contributed by atoms with Crippen molar-refractivity contribution >= 4 is 44.8 Å². The number of benzene rings is 2. The largest absolute Gasteiger partial charge is 0.463 e. The highest BCUT2D eigenvalue weighted by molar-refractivity contribution is 7.90. The third-order valence-electron chi connectivity index (χ3n) is 5.97. The number of amidine groups is 1. The minimum atomic E-state index is -3.82. The number of pyridine rings is 1. The summed E-state index contributed by atoms with van der Waals surface area (Å²) in [7, 11) is -0.450. The molecule has 208 valence electrons. The standard InChI is InChI=1S/C26H24N4O4S.C3H7NO/c31-26(21-17-23(24-12-7-15-34-24)29-22-11-4-3-10-20(21)22)28-18-8-6-9-19(16-18)35(32,33)30-25-13-2-1-5-14-27-25;1-4(2)3-5/h3-4,6-12,15-17H,1-2,5,13-14H2,(H,27,30)(H,28,31);3H,1-2H3. The molecule has 5 rings (SSSR count). The molecule has 1 aliphatic rings. The number of sulfonamides is 1. The third-order valence-corrected chi connectivity index (χ3v) is 7.35.